The number of aromatic nitrogens is 1. The third kappa shape index (κ3) is 2.55. The third-order valence-corrected chi connectivity index (χ3v) is 3.59. The predicted octanol–water partition coefficient (Wildman–Crippen LogP) is 0.260. The van der Waals surface area contributed by atoms with Crippen LogP contribution in [0, 0.1) is 0 Å². The van der Waals surface area contributed by atoms with Gasteiger partial charge in [-0.25, -0.2) is 0 Å². The number of hydrogen-bond acceptors (Lipinski definition) is 5. The van der Waals surface area contributed by atoms with Crippen molar-refractivity contribution in [1.82, 2.24) is 4.98 Å². The second-order valence-corrected chi connectivity index (χ2v) is 4.87. The van der Waals surface area contributed by atoms with Crippen LogP contribution < -0.4 is 27.0 Å². The summed E-state index contributed by atoms with van der Waals surface area (Å²) in [6.45, 7) is 0. The van der Waals surface area contributed by atoms with E-state index in [1.165, 1.54) is 0 Å². The average Bonchev–Trinajstić information content (AvgIpc) is 2.86. The lowest BCUT2D eigenvalue weighted by molar-refractivity contribution is -0.137. The normalized spacial score (nSPS) is 13.2. The number of pyridine rings is 1. The van der Waals surface area contributed by atoms with Gasteiger partial charge in [0.15, 0.2) is 0 Å². The fraction of sp³-hybridized carbons (Fsp3) is 0.0833. The minimum absolute atomic E-state index is 0.00153. The molecule has 0 saturated carbocycles. The van der Waals surface area contributed by atoms with E-state index in [1.54, 1.807) is 11.4 Å². The molecule has 0 aliphatic heterocycles. The topological polar surface area (TPSA) is 91.0 Å². The molecule has 2 heterocycles. The van der Waals surface area contributed by atoms with Gasteiger partial charge >= 0.3 is 6.18 Å². The number of alkyl halides is 3. The van der Waals surface area contributed by atoms with Crippen molar-refractivity contribution in [3.05, 3.63) is 50.8 Å². The van der Waals surface area contributed by atoms with Crippen molar-refractivity contribution in [3.8, 4) is 0 Å². The van der Waals surface area contributed by atoms with E-state index in [2.05, 4.69) is 4.98 Å². The van der Waals surface area contributed by atoms with Crippen LogP contribution in [0.5, 0.6) is 0 Å². The molecule has 0 saturated heterocycles. The Labute approximate surface area is 116 Å². The van der Waals surface area contributed by atoms with Crippen molar-refractivity contribution >= 4 is 22.9 Å². The highest BCUT2D eigenvalue weighted by Crippen LogP contribution is 2.32. The highest BCUT2D eigenvalue weighted by Gasteiger charge is 2.34. The molecule has 0 atom stereocenters. The SMILES string of the molecule is NC(N)=c1ccs/c1=C(/N)c1cnccc1C(F)(F)F. The van der Waals surface area contributed by atoms with E-state index in [0.29, 0.717) is 9.75 Å². The van der Waals surface area contributed by atoms with Crippen LogP contribution in [-0.4, -0.2) is 4.98 Å². The van der Waals surface area contributed by atoms with Gasteiger partial charge in [0.25, 0.3) is 0 Å². The Kier molecular flexibility index (Phi) is 3.58. The van der Waals surface area contributed by atoms with E-state index in [0.717, 1.165) is 29.8 Å². The Hall–Kier alpha value is -2.22. The van der Waals surface area contributed by atoms with Crippen LogP contribution in [0.3, 0.4) is 0 Å². The highest BCUT2D eigenvalue weighted by atomic mass is 32.1. The van der Waals surface area contributed by atoms with E-state index in [4.69, 9.17) is 17.2 Å². The highest BCUT2D eigenvalue weighted by molar-refractivity contribution is 7.07. The van der Waals surface area contributed by atoms with E-state index >= 15 is 0 Å². The van der Waals surface area contributed by atoms with Crippen molar-refractivity contribution in [3.63, 3.8) is 0 Å². The zero-order valence-electron chi connectivity index (χ0n) is 10.1. The van der Waals surface area contributed by atoms with E-state index < -0.39 is 11.7 Å². The Balaban J connectivity index is 2.82. The van der Waals surface area contributed by atoms with Gasteiger partial charge < -0.3 is 17.2 Å². The number of halogens is 3. The van der Waals surface area contributed by atoms with Crippen LogP contribution >= 0.6 is 11.3 Å². The maximum atomic E-state index is 13.0. The van der Waals surface area contributed by atoms with Crippen LogP contribution in [-0.2, 0) is 6.18 Å². The first kappa shape index (κ1) is 14.2. The lowest BCUT2D eigenvalue weighted by atomic mass is 10.1. The third-order valence-electron chi connectivity index (χ3n) is 2.64. The molecule has 0 aliphatic rings. The Morgan fingerprint density at radius 1 is 1.15 bits per heavy atom. The Morgan fingerprint density at radius 3 is 2.45 bits per heavy atom. The summed E-state index contributed by atoms with van der Waals surface area (Å²) in [5, 5.41) is 2.07. The van der Waals surface area contributed by atoms with Gasteiger partial charge in [-0.2, -0.15) is 13.2 Å². The smallest absolute Gasteiger partial charge is 0.397 e. The number of rotatable bonds is 1. The molecule has 2 aromatic heterocycles. The summed E-state index contributed by atoms with van der Waals surface area (Å²) >= 11 is 1.16. The van der Waals surface area contributed by atoms with Gasteiger partial charge in [0.05, 0.1) is 15.8 Å². The molecule has 2 rings (SSSR count). The van der Waals surface area contributed by atoms with E-state index in [1.807, 2.05) is 0 Å². The molecule has 6 N–H and O–H groups in total. The molecule has 0 amide bonds. The van der Waals surface area contributed by atoms with Crippen LogP contribution in [0.2, 0.25) is 0 Å². The number of nitrogens with two attached hydrogens (primary N) is 3. The molecule has 0 aliphatic carbocycles. The van der Waals surface area contributed by atoms with Crippen LogP contribution in [0.15, 0.2) is 29.9 Å². The summed E-state index contributed by atoms with van der Waals surface area (Å²) in [5.41, 5.74) is 15.8. The standard InChI is InChI=1S/C12H11F3N4S/c13-12(14,15)8-1-3-19-5-7(8)9(16)10-6(11(17)18)2-4-20-10/h1-5H,16-18H2/b10-9+. The minimum Gasteiger partial charge on any atom is -0.397 e. The Bertz CT molecular complexity index is 745. The van der Waals surface area contributed by atoms with Gasteiger partial charge in [-0.05, 0) is 17.5 Å². The summed E-state index contributed by atoms with van der Waals surface area (Å²) in [6.07, 6.45) is -2.37. The molecule has 0 bridgehead atoms. The summed E-state index contributed by atoms with van der Waals surface area (Å²) in [6, 6.07) is 2.48. The van der Waals surface area contributed by atoms with Crippen molar-refractivity contribution in [2.75, 3.05) is 0 Å². The van der Waals surface area contributed by atoms with Gasteiger partial charge in [0.2, 0.25) is 0 Å². The molecule has 0 spiro atoms. The lowest BCUT2D eigenvalue weighted by Crippen LogP contribution is -2.33. The van der Waals surface area contributed by atoms with Gasteiger partial charge in [-0.15, -0.1) is 11.3 Å². The quantitative estimate of drug-likeness (QED) is 0.704. The van der Waals surface area contributed by atoms with Crippen molar-refractivity contribution in [2.45, 2.75) is 6.18 Å². The summed E-state index contributed by atoms with van der Waals surface area (Å²) < 4.78 is 39.3. The van der Waals surface area contributed by atoms with Crippen molar-refractivity contribution in [2.24, 2.45) is 17.2 Å². The molecule has 106 valence electrons. The monoisotopic (exact) mass is 300 g/mol. The second kappa shape index (κ2) is 5.04. The summed E-state index contributed by atoms with van der Waals surface area (Å²) in [7, 11) is 0. The zero-order valence-corrected chi connectivity index (χ0v) is 10.9. The molecule has 4 nitrogen and oxygen atoms in total. The molecule has 0 radical (unpaired) electrons. The molecule has 2 aromatic rings. The van der Waals surface area contributed by atoms with Crippen molar-refractivity contribution < 1.29 is 13.2 Å². The summed E-state index contributed by atoms with van der Waals surface area (Å²) in [5.74, 6) is 0.00153. The van der Waals surface area contributed by atoms with Gasteiger partial charge in [0, 0.05) is 23.2 Å². The first-order valence-corrected chi connectivity index (χ1v) is 6.30. The average molecular weight is 300 g/mol. The van der Waals surface area contributed by atoms with E-state index in [9.17, 15) is 13.2 Å². The van der Waals surface area contributed by atoms with Crippen LogP contribution in [0.4, 0.5) is 13.2 Å². The predicted molar refractivity (Wildman–Crippen MR) is 71.3 cm³/mol. The van der Waals surface area contributed by atoms with Gasteiger partial charge in [0.1, 0.15) is 5.82 Å². The molecule has 0 unspecified atom stereocenters. The van der Waals surface area contributed by atoms with E-state index in [-0.39, 0.29) is 17.1 Å². The van der Waals surface area contributed by atoms with Gasteiger partial charge in [-0.1, -0.05) is 0 Å². The molecular formula is C12H11F3N4S. The largest absolute Gasteiger partial charge is 0.417 e. The fourth-order valence-electron chi connectivity index (χ4n) is 1.72. The second-order valence-electron chi connectivity index (χ2n) is 3.95. The first-order chi connectivity index (χ1) is 9.32. The Morgan fingerprint density at radius 2 is 1.85 bits per heavy atom. The maximum absolute atomic E-state index is 13.0. The maximum Gasteiger partial charge on any atom is 0.417 e. The lowest BCUT2D eigenvalue weighted by Gasteiger charge is -2.11. The van der Waals surface area contributed by atoms with Crippen molar-refractivity contribution in [1.29, 1.82) is 0 Å². The number of nitrogens with zero attached hydrogens (tertiary/aromatic N) is 1. The molecular weight excluding hydrogens is 289 g/mol. The number of hydrogen-bond donors (Lipinski definition) is 3. The molecule has 20 heavy (non-hydrogen) atoms. The summed E-state index contributed by atoms with van der Waals surface area (Å²) in [4.78, 5) is 3.70. The molecule has 8 heteroatoms. The number of thiophene rings is 1. The van der Waals surface area contributed by atoms with Crippen LogP contribution in [0.25, 0.3) is 11.5 Å². The fourth-order valence-corrected chi connectivity index (χ4v) is 2.61. The van der Waals surface area contributed by atoms with Gasteiger partial charge in [-0.3, -0.25) is 4.98 Å². The minimum atomic E-state index is -4.52. The zero-order chi connectivity index (χ0) is 14.9. The first-order valence-electron chi connectivity index (χ1n) is 5.42. The molecule has 0 fully saturated rings. The molecule has 0 aromatic carbocycles. The van der Waals surface area contributed by atoms with Crippen LogP contribution in [0.1, 0.15) is 11.1 Å².